The lowest BCUT2D eigenvalue weighted by molar-refractivity contribution is 0.0617. The molecule has 1 saturated carbocycles. The van der Waals surface area contributed by atoms with Crippen molar-refractivity contribution in [1.29, 1.82) is 0 Å². The number of hydrogen-bond acceptors (Lipinski definition) is 8. The minimum absolute atomic E-state index is 0.0951. The zero-order chi connectivity index (χ0) is 24.4. The topological polar surface area (TPSA) is 89.1 Å². The van der Waals surface area contributed by atoms with E-state index in [4.69, 9.17) is 14.2 Å². The molecule has 182 valence electrons. The summed E-state index contributed by atoms with van der Waals surface area (Å²) < 4.78 is 17.0. The van der Waals surface area contributed by atoms with Crippen LogP contribution in [0.25, 0.3) is 0 Å². The summed E-state index contributed by atoms with van der Waals surface area (Å²) in [5.41, 5.74) is 1.07. The van der Waals surface area contributed by atoms with E-state index >= 15 is 0 Å². The number of nitrogens with zero attached hydrogens (tertiary/aromatic N) is 4. The highest BCUT2D eigenvalue weighted by molar-refractivity contribution is 5.94. The third kappa shape index (κ3) is 4.41. The van der Waals surface area contributed by atoms with Crippen molar-refractivity contribution in [2.24, 2.45) is 0 Å². The van der Waals surface area contributed by atoms with E-state index in [-0.39, 0.29) is 11.4 Å². The van der Waals surface area contributed by atoms with Crippen molar-refractivity contribution < 1.29 is 19.0 Å². The fraction of sp³-hybridized carbons (Fsp3) is 0.346. The van der Waals surface area contributed by atoms with Crippen LogP contribution in [-0.2, 0) is 0 Å². The van der Waals surface area contributed by atoms with Gasteiger partial charge in [0.25, 0.3) is 5.91 Å². The molecular weight excluding hydrogens is 446 g/mol. The fourth-order valence-corrected chi connectivity index (χ4v) is 4.57. The molecule has 1 amide bonds. The van der Waals surface area contributed by atoms with Crippen molar-refractivity contribution in [2.45, 2.75) is 18.4 Å². The first-order valence-corrected chi connectivity index (χ1v) is 11.6. The summed E-state index contributed by atoms with van der Waals surface area (Å²) in [5, 5.41) is 3.04. The van der Waals surface area contributed by atoms with Crippen molar-refractivity contribution in [1.82, 2.24) is 14.9 Å². The Balaban J connectivity index is 1.34. The van der Waals surface area contributed by atoms with E-state index in [1.165, 1.54) is 0 Å². The van der Waals surface area contributed by atoms with Crippen LogP contribution in [0.5, 0.6) is 23.0 Å². The minimum Gasteiger partial charge on any atom is -0.494 e. The van der Waals surface area contributed by atoms with Gasteiger partial charge in [0, 0.05) is 38.8 Å². The highest BCUT2D eigenvalue weighted by Crippen LogP contribution is 2.47. The van der Waals surface area contributed by atoms with E-state index in [2.05, 4.69) is 20.2 Å². The molecule has 9 heteroatoms. The number of piperazine rings is 1. The number of ether oxygens (including phenoxy) is 3. The van der Waals surface area contributed by atoms with Gasteiger partial charge in [0.15, 0.2) is 11.5 Å². The number of pyridine rings is 2. The number of rotatable bonds is 7. The number of carbonyl (C=O) groups is 1. The Kier molecular flexibility index (Phi) is 6.07. The van der Waals surface area contributed by atoms with Crippen molar-refractivity contribution in [2.75, 3.05) is 51.1 Å². The number of benzene rings is 1. The second-order valence-corrected chi connectivity index (χ2v) is 8.73. The molecule has 0 atom stereocenters. The summed E-state index contributed by atoms with van der Waals surface area (Å²) in [4.78, 5) is 26.7. The molecule has 0 bridgehead atoms. The van der Waals surface area contributed by atoms with Crippen LogP contribution < -0.4 is 24.4 Å². The molecule has 1 aliphatic carbocycles. The van der Waals surface area contributed by atoms with Gasteiger partial charge in [0.2, 0.25) is 0 Å². The molecule has 1 N–H and O–H groups in total. The van der Waals surface area contributed by atoms with Crippen LogP contribution >= 0.6 is 0 Å². The Hall–Kier alpha value is -4.01. The average Bonchev–Trinajstić information content (AvgIpc) is 3.67. The Morgan fingerprint density at radius 2 is 1.74 bits per heavy atom. The molecule has 35 heavy (non-hydrogen) atoms. The number of hydrogen-bond donors (Lipinski definition) is 1. The first-order chi connectivity index (χ1) is 17.1. The van der Waals surface area contributed by atoms with Gasteiger partial charge in [-0.25, -0.2) is 9.97 Å². The van der Waals surface area contributed by atoms with Gasteiger partial charge >= 0.3 is 0 Å². The van der Waals surface area contributed by atoms with Crippen LogP contribution in [0.15, 0.2) is 54.9 Å². The lowest BCUT2D eigenvalue weighted by Crippen LogP contribution is -2.57. The monoisotopic (exact) mass is 475 g/mol. The summed E-state index contributed by atoms with van der Waals surface area (Å²) in [5.74, 6) is 3.03. The number of para-hydroxylation sites is 1. The van der Waals surface area contributed by atoms with Crippen molar-refractivity contribution in [3.8, 4) is 23.0 Å². The number of methoxy groups -OCH3 is 2. The van der Waals surface area contributed by atoms with Gasteiger partial charge in [-0.2, -0.15) is 0 Å². The summed E-state index contributed by atoms with van der Waals surface area (Å²) >= 11 is 0. The predicted molar refractivity (Wildman–Crippen MR) is 133 cm³/mol. The molecule has 3 aromatic rings. The molecule has 1 spiro atoms. The lowest BCUT2D eigenvalue weighted by Gasteiger charge is -2.43. The fourth-order valence-electron chi connectivity index (χ4n) is 4.57. The summed E-state index contributed by atoms with van der Waals surface area (Å²) in [6.45, 7) is 1.99. The van der Waals surface area contributed by atoms with Crippen LogP contribution in [0.4, 0.5) is 11.5 Å². The minimum atomic E-state index is -0.212. The predicted octanol–water partition coefficient (Wildman–Crippen LogP) is 3.82. The van der Waals surface area contributed by atoms with Crippen molar-refractivity contribution in [3.05, 3.63) is 60.6 Å². The van der Waals surface area contributed by atoms with Gasteiger partial charge in [-0.15, -0.1) is 0 Å². The molecule has 3 heterocycles. The average molecular weight is 476 g/mol. The standard InChI is InChI=1S/C26H29N5O4/c1-27-24-14-21(33-2)20(15-29-24)30-11-12-31(26(17-30)9-10-26)25(32)19-13-22(34-3)23(16-28-19)35-18-7-5-4-6-8-18/h4-8,13-16H,9-12,17H2,1-3H3,(H,27,29). The number of amides is 1. The highest BCUT2D eigenvalue weighted by Gasteiger charge is 2.53. The van der Waals surface area contributed by atoms with E-state index < -0.39 is 0 Å². The molecule has 1 saturated heterocycles. The maximum atomic E-state index is 13.5. The molecule has 5 rings (SSSR count). The first kappa shape index (κ1) is 22.8. The van der Waals surface area contributed by atoms with E-state index in [1.807, 2.05) is 54.5 Å². The largest absolute Gasteiger partial charge is 0.494 e. The smallest absolute Gasteiger partial charge is 0.273 e. The normalized spacial score (nSPS) is 16.1. The van der Waals surface area contributed by atoms with Crippen molar-refractivity contribution >= 4 is 17.4 Å². The molecule has 0 unspecified atom stereocenters. The molecule has 9 nitrogen and oxygen atoms in total. The van der Waals surface area contributed by atoms with Gasteiger partial charge in [0.1, 0.15) is 23.0 Å². The quantitative estimate of drug-likeness (QED) is 0.552. The number of carbonyl (C=O) groups excluding carboxylic acids is 1. The van der Waals surface area contributed by atoms with Crippen LogP contribution in [0.2, 0.25) is 0 Å². The molecular formula is C26H29N5O4. The third-order valence-corrected chi connectivity index (χ3v) is 6.63. The van der Waals surface area contributed by atoms with Crippen LogP contribution in [0.3, 0.4) is 0 Å². The van der Waals surface area contributed by atoms with E-state index in [9.17, 15) is 4.79 Å². The van der Waals surface area contributed by atoms with Crippen LogP contribution in [-0.4, -0.2) is 67.2 Å². The van der Waals surface area contributed by atoms with Crippen LogP contribution in [0, 0.1) is 0 Å². The number of anilines is 2. The Morgan fingerprint density at radius 3 is 2.43 bits per heavy atom. The van der Waals surface area contributed by atoms with E-state index in [0.29, 0.717) is 36.0 Å². The number of aromatic nitrogens is 2. The molecule has 1 aromatic carbocycles. The SMILES string of the molecule is CNc1cc(OC)c(N2CCN(C(=O)c3cc(OC)c(Oc4ccccc4)cn3)C3(CC3)C2)cn1. The van der Waals surface area contributed by atoms with E-state index in [0.717, 1.165) is 36.6 Å². The van der Waals surface area contributed by atoms with Gasteiger partial charge in [-0.05, 0) is 25.0 Å². The Labute approximate surface area is 204 Å². The van der Waals surface area contributed by atoms with Gasteiger partial charge in [-0.3, -0.25) is 4.79 Å². The zero-order valence-electron chi connectivity index (χ0n) is 20.2. The summed E-state index contributed by atoms with van der Waals surface area (Å²) in [6, 6.07) is 13.0. The molecule has 2 aromatic heterocycles. The summed E-state index contributed by atoms with van der Waals surface area (Å²) in [6.07, 6.45) is 5.28. The number of nitrogens with one attached hydrogen (secondary N) is 1. The van der Waals surface area contributed by atoms with Crippen molar-refractivity contribution in [3.63, 3.8) is 0 Å². The highest BCUT2D eigenvalue weighted by atomic mass is 16.5. The maximum absolute atomic E-state index is 13.5. The van der Waals surface area contributed by atoms with Gasteiger partial charge < -0.3 is 29.3 Å². The first-order valence-electron chi connectivity index (χ1n) is 11.6. The Bertz CT molecular complexity index is 1220. The zero-order valence-corrected chi connectivity index (χ0v) is 20.2. The van der Waals surface area contributed by atoms with Gasteiger partial charge in [0.05, 0.1) is 37.8 Å². The Morgan fingerprint density at radius 1 is 0.971 bits per heavy atom. The molecule has 0 radical (unpaired) electrons. The third-order valence-electron chi connectivity index (χ3n) is 6.63. The molecule has 1 aliphatic heterocycles. The van der Waals surface area contributed by atoms with E-state index in [1.54, 1.807) is 26.5 Å². The molecule has 2 aliphatic rings. The van der Waals surface area contributed by atoms with Crippen LogP contribution in [0.1, 0.15) is 23.3 Å². The van der Waals surface area contributed by atoms with Gasteiger partial charge in [-0.1, -0.05) is 18.2 Å². The second kappa shape index (κ2) is 9.32. The summed E-state index contributed by atoms with van der Waals surface area (Å²) in [7, 11) is 5.05. The molecule has 2 fully saturated rings. The maximum Gasteiger partial charge on any atom is 0.273 e. The lowest BCUT2D eigenvalue weighted by atomic mass is 10.1. The second-order valence-electron chi connectivity index (χ2n) is 8.73.